The van der Waals surface area contributed by atoms with Crippen LogP contribution in [0.5, 0.6) is 11.5 Å². The van der Waals surface area contributed by atoms with E-state index in [0.717, 1.165) is 37.4 Å². The van der Waals surface area contributed by atoms with E-state index >= 15 is 0 Å². The molecule has 0 radical (unpaired) electrons. The molecule has 0 aliphatic carbocycles. The number of amides is 1. The van der Waals surface area contributed by atoms with Crippen molar-refractivity contribution in [3.63, 3.8) is 0 Å². The quantitative estimate of drug-likeness (QED) is 0.777. The Morgan fingerprint density at radius 1 is 1.15 bits per heavy atom. The van der Waals surface area contributed by atoms with Crippen molar-refractivity contribution in [3.8, 4) is 11.5 Å². The van der Waals surface area contributed by atoms with Crippen molar-refractivity contribution in [1.29, 1.82) is 0 Å². The highest BCUT2D eigenvalue weighted by atomic mass is 35.5. The van der Waals surface area contributed by atoms with Gasteiger partial charge in [0.2, 0.25) is 12.7 Å². The summed E-state index contributed by atoms with van der Waals surface area (Å²) in [6.07, 6.45) is 2.35. The van der Waals surface area contributed by atoms with E-state index in [1.165, 1.54) is 11.0 Å². The summed E-state index contributed by atoms with van der Waals surface area (Å²) in [4.78, 5) is 16.6. The van der Waals surface area contributed by atoms with Crippen LogP contribution in [0.1, 0.15) is 12.0 Å². The smallest absolute Gasteiger partial charge is 0.244 e. The van der Waals surface area contributed by atoms with Gasteiger partial charge in [0.15, 0.2) is 11.5 Å². The molecule has 0 spiro atoms. The molecule has 1 amide bonds. The lowest BCUT2D eigenvalue weighted by Gasteiger charge is -2.22. The number of aromatic nitrogens is 4. The van der Waals surface area contributed by atoms with E-state index in [1.54, 1.807) is 6.07 Å². The number of benzene rings is 1. The molecule has 1 aromatic heterocycles. The molecule has 2 aromatic rings. The van der Waals surface area contributed by atoms with Crippen LogP contribution in [0.25, 0.3) is 0 Å². The van der Waals surface area contributed by atoms with Gasteiger partial charge in [0.25, 0.3) is 0 Å². The van der Waals surface area contributed by atoms with Crippen molar-refractivity contribution < 1.29 is 14.3 Å². The van der Waals surface area contributed by atoms with Crippen molar-refractivity contribution in [2.24, 2.45) is 0 Å². The van der Waals surface area contributed by atoms with Crippen LogP contribution in [-0.2, 0) is 17.9 Å². The Morgan fingerprint density at radius 2 is 2.00 bits per heavy atom. The molecule has 1 aromatic carbocycles. The molecule has 138 valence electrons. The van der Waals surface area contributed by atoms with Crippen LogP contribution in [0, 0.1) is 0 Å². The van der Waals surface area contributed by atoms with Gasteiger partial charge < -0.3 is 14.4 Å². The minimum absolute atomic E-state index is 0.0280. The number of rotatable bonds is 4. The molecular weight excluding hydrogens is 360 g/mol. The zero-order chi connectivity index (χ0) is 17.9. The number of halogens is 1. The molecule has 0 unspecified atom stereocenters. The van der Waals surface area contributed by atoms with Gasteiger partial charge in [-0.3, -0.25) is 9.69 Å². The monoisotopic (exact) mass is 378 g/mol. The third-order valence-corrected chi connectivity index (χ3v) is 4.92. The number of carbonyl (C=O) groups excluding carboxylic acids is 1. The molecule has 1 saturated heterocycles. The van der Waals surface area contributed by atoms with Crippen molar-refractivity contribution in [2.75, 3.05) is 33.0 Å². The zero-order valence-electron chi connectivity index (χ0n) is 14.2. The zero-order valence-corrected chi connectivity index (χ0v) is 14.9. The van der Waals surface area contributed by atoms with Gasteiger partial charge in [-0.05, 0) is 28.5 Å². The molecular formula is C16H19ClN6O3. The first-order valence-corrected chi connectivity index (χ1v) is 8.86. The molecule has 10 heteroatoms. The Balaban J connectivity index is 1.36. The first-order chi connectivity index (χ1) is 12.7. The minimum atomic E-state index is 0.0280. The summed E-state index contributed by atoms with van der Waals surface area (Å²) >= 11 is 6.38. The fraction of sp³-hybridized carbons (Fsp3) is 0.500. The lowest BCUT2D eigenvalue weighted by molar-refractivity contribution is -0.131. The molecule has 0 saturated carbocycles. The Hall–Kier alpha value is -2.39. The number of hydrogen-bond donors (Lipinski definition) is 0. The molecule has 2 aliphatic rings. The maximum atomic E-state index is 12.4. The number of ether oxygens (including phenoxy) is 2. The fourth-order valence-corrected chi connectivity index (χ4v) is 3.40. The maximum Gasteiger partial charge on any atom is 0.244 e. The van der Waals surface area contributed by atoms with Gasteiger partial charge >= 0.3 is 0 Å². The SMILES string of the molecule is O=C(Cn1cnnn1)N1CCCN(Cc2cc3c(cc2Cl)OCO3)CC1. The van der Waals surface area contributed by atoms with Gasteiger partial charge in [0, 0.05) is 43.8 Å². The summed E-state index contributed by atoms with van der Waals surface area (Å²) in [7, 11) is 0. The number of nitrogens with zero attached hydrogens (tertiary/aromatic N) is 6. The second kappa shape index (κ2) is 7.46. The van der Waals surface area contributed by atoms with Crippen LogP contribution in [0.2, 0.25) is 5.02 Å². The largest absolute Gasteiger partial charge is 0.454 e. The predicted octanol–water partition coefficient (Wildman–Crippen LogP) is 0.790. The van der Waals surface area contributed by atoms with Gasteiger partial charge in [-0.2, -0.15) is 0 Å². The topological polar surface area (TPSA) is 85.6 Å². The van der Waals surface area contributed by atoms with Crippen LogP contribution in [0.3, 0.4) is 0 Å². The second-order valence-electron chi connectivity index (χ2n) is 6.31. The van der Waals surface area contributed by atoms with Crippen LogP contribution >= 0.6 is 11.6 Å². The van der Waals surface area contributed by atoms with Gasteiger partial charge in [0.1, 0.15) is 12.9 Å². The first-order valence-electron chi connectivity index (χ1n) is 8.48. The van der Waals surface area contributed by atoms with Crippen molar-refractivity contribution in [3.05, 3.63) is 29.0 Å². The van der Waals surface area contributed by atoms with E-state index in [1.807, 2.05) is 11.0 Å². The normalized spacial score (nSPS) is 17.3. The summed E-state index contributed by atoms with van der Waals surface area (Å²) in [5, 5.41) is 11.5. The summed E-state index contributed by atoms with van der Waals surface area (Å²) in [5.41, 5.74) is 1.00. The van der Waals surface area contributed by atoms with Gasteiger partial charge in [-0.15, -0.1) is 5.10 Å². The lowest BCUT2D eigenvalue weighted by atomic mass is 10.2. The highest BCUT2D eigenvalue weighted by molar-refractivity contribution is 6.31. The molecule has 4 rings (SSSR count). The third kappa shape index (κ3) is 3.73. The summed E-state index contributed by atoms with van der Waals surface area (Å²) < 4.78 is 12.2. The van der Waals surface area contributed by atoms with Crippen LogP contribution in [-0.4, -0.2) is 68.9 Å². The summed E-state index contributed by atoms with van der Waals surface area (Å²) in [5.74, 6) is 1.45. The number of tetrazole rings is 1. The summed E-state index contributed by atoms with van der Waals surface area (Å²) in [6, 6.07) is 3.75. The van der Waals surface area contributed by atoms with E-state index in [0.29, 0.717) is 23.9 Å². The number of carbonyl (C=O) groups is 1. The highest BCUT2D eigenvalue weighted by Crippen LogP contribution is 2.37. The predicted molar refractivity (Wildman–Crippen MR) is 91.9 cm³/mol. The van der Waals surface area contributed by atoms with Gasteiger partial charge in [-0.25, -0.2) is 4.68 Å². The first kappa shape index (κ1) is 17.0. The Bertz CT molecular complexity index is 785. The molecule has 2 aliphatic heterocycles. The Labute approximate surface area is 155 Å². The van der Waals surface area contributed by atoms with E-state index < -0.39 is 0 Å². The Kier molecular flexibility index (Phi) is 4.89. The average molecular weight is 379 g/mol. The van der Waals surface area contributed by atoms with Crippen molar-refractivity contribution in [2.45, 2.75) is 19.5 Å². The van der Waals surface area contributed by atoms with Crippen LogP contribution in [0.15, 0.2) is 18.5 Å². The molecule has 9 nitrogen and oxygen atoms in total. The van der Waals surface area contributed by atoms with Crippen LogP contribution < -0.4 is 9.47 Å². The maximum absolute atomic E-state index is 12.4. The van der Waals surface area contributed by atoms with E-state index in [2.05, 4.69) is 20.4 Å². The lowest BCUT2D eigenvalue weighted by Crippen LogP contribution is -2.37. The second-order valence-corrected chi connectivity index (χ2v) is 6.72. The number of hydrogen-bond acceptors (Lipinski definition) is 7. The van der Waals surface area contributed by atoms with Crippen molar-refractivity contribution in [1.82, 2.24) is 30.0 Å². The van der Waals surface area contributed by atoms with E-state index in [4.69, 9.17) is 21.1 Å². The molecule has 3 heterocycles. The van der Waals surface area contributed by atoms with Gasteiger partial charge in [-0.1, -0.05) is 11.6 Å². The minimum Gasteiger partial charge on any atom is -0.454 e. The standard InChI is InChI=1S/C16H19ClN6O3/c17-13-7-15-14(25-11-26-15)6-12(13)8-21-2-1-3-22(5-4-21)16(24)9-23-10-18-19-20-23/h6-7,10H,1-5,8-9,11H2. The fourth-order valence-electron chi connectivity index (χ4n) is 3.19. The average Bonchev–Trinajstić information content (AvgIpc) is 3.23. The summed E-state index contributed by atoms with van der Waals surface area (Å²) in [6.45, 7) is 4.20. The Morgan fingerprint density at radius 3 is 2.81 bits per heavy atom. The number of fused-ring (bicyclic) bond motifs is 1. The molecule has 0 bridgehead atoms. The highest BCUT2D eigenvalue weighted by Gasteiger charge is 2.22. The molecule has 0 N–H and O–H groups in total. The van der Waals surface area contributed by atoms with Crippen molar-refractivity contribution >= 4 is 17.5 Å². The third-order valence-electron chi connectivity index (χ3n) is 4.57. The molecule has 26 heavy (non-hydrogen) atoms. The molecule has 0 atom stereocenters. The van der Waals surface area contributed by atoms with E-state index in [9.17, 15) is 4.79 Å². The van der Waals surface area contributed by atoms with Crippen LogP contribution in [0.4, 0.5) is 0 Å². The molecule has 1 fully saturated rings. The van der Waals surface area contributed by atoms with Gasteiger partial charge in [0.05, 0.1) is 0 Å². The van der Waals surface area contributed by atoms with E-state index in [-0.39, 0.29) is 19.2 Å².